The van der Waals surface area contributed by atoms with Gasteiger partial charge in [-0.1, -0.05) is 54.6 Å². The minimum absolute atomic E-state index is 0.176. The first-order valence-electron chi connectivity index (χ1n) is 8.52. The third kappa shape index (κ3) is 2.52. The van der Waals surface area contributed by atoms with Crippen LogP contribution in [0.15, 0.2) is 60.7 Å². The fourth-order valence-electron chi connectivity index (χ4n) is 3.94. The Morgan fingerprint density at radius 1 is 1.04 bits per heavy atom. The third-order valence-electron chi connectivity index (χ3n) is 4.88. The molecule has 2 aromatic rings. The van der Waals surface area contributed by atoms with Crippen molar-refractivity contribution >= 4 is 5.69 Å². The van der Waals surface area contributed by atoms with Crippen molar-refractivity contribution in [3.05, 3.63) is 71.8 Å². The van der Waals surface area contributed by atoms with E-state index in [9.17, 15) is 0 Å². The van der Waals surface area contributed by atoms with E-state index in [4.69, 9.17) is 4.74 Å². The van der Waals surface area contributed by atoms with Crippen LogP contribution >= 0.6 is 0 Å². The molecule has 1 aliphatic heterocycles. The predicted molar refractivity (Wildman–Crippen MR) is 95.0 cm³/mol. The van der Waals surface area contributed by atoms with Crippen molar-refractivity contribution in [3.8, 4) is 5.75 Å². The van der Waals surface area contributed by atoms with Crippen LogP contribution in [0, 0.1) is 5.92 Å². The number of rotatable bonds is 3. The van der Waals surface area contributed by atoms with Crippen molar-refractivity contribution in [3.63, 3.8) is 0 Å². The van der Waals surface area contributed by atoms with Crippen LogP contribution in [0.5, 0.6) is 5.75 Å². The van der Waals surface area contributed by atoms with Crippen LogP contribution in [0.1, 0.15) is 43.4 Å². The van der Waals surface area contributed by atoms with Gasteiger partial charge in [0, 0.05) is 5.92 Å². The molecule has 4 rings (SSSR count). The maximum atomic E-state index is 6.06. The standard InChI is InChI=1S/C21H23NO/c1-14(2)23-19-13-7-12-18-16-10-6-11-17(16)20(22-21(18)19)15-8-4-3-5-9-15/h3-10,12-14,16-17,20,22H,11H2,1-2H3. The minimum Gasteiger partial charge on any atom is -0.489 e. The van der Waals surface area contributed by atoms with Gasteiger partial charge >= 0.3 is 0 Å². The minimum atomic E-state index is 0.176. The second-order valence-electron chi connectivity index (χ2n) is 6.77. The molecule has 2 aliphatic rings. The quantitative estimate of drug-likeness (QED) is 0.777. The van der Waals surface area contributed by atoms with Gasteiger partial charge in [0.2, 0.25) is 0 Å². The van der Waals surface area contributed by atoms with Crippen molar-refractivity contribution < 1.29 is 4.74 Å². The van der Waals surface area contributed by atoms with Gasteiger partial charge in [0.1, 0.15) is 5.75 Å². The third-order valence-corrected chi connectivity index (χ3v) is 4.88. The van der Waals surface area contributed by atoms with Crippen LogP contribution in [0.4, 0.5) is 5.69 Å². The van der Waals surface area contributed by atoms with Gasteiger partial charge in [0.25, 0.3) is 0 Å². The summed E-state index contributed by atoms with van der Waals surface area (Å²) >= 11 is 0. The number of fused-ring (bicyclic) bond motifs is 3. The van der Waals surface area contributed by atoms with Gasteiger partial charge in [-0.15, -0.1) is 0 Å². The van der Waals surface area contributed by atoms with Gasteiger partial charge in [-0.25, -0.2) is 0 Å². The van der Waals surface area contributed by atoms with Gasteiger partial charge < -0.3 is 10.1 Å². The summed E-state index contributed by atoms with van der Waals surface area (Å²) in [6.07, 6.45) is 6.01. The van der Waals surface area contributed by atoms with Crippen molar-refractivity contribution in [2.75, 3.05) is 5.32 Å². The molecular weight excluding hydrogens is 282 g/mol. The highest BCUT2D eigenvalue weighted by Gasteiger charge is 2.38. The first-order chi connectivity index (χ1) is 11.2. The number of anilines is 1. The van der Waals surface area contributed by atoms with E-state index in [1.807, 2.05) is 0 Å². The number of allylic oxidation sites excluding steroid dienone is 2. The summed E-state index contributed by atoms with van der Waals surface area (Å²) in [5, 5.41) is 3.79. The summed E-state index contributed by atoms with van der Waals surface area (Å²) in [5.74, 6) is 2.03. The van der Waals surface area contributed by atoms with Crippen LogP contribution in [0.3, 0.4) is 0 Å². The lowest BCUT2D eigenvalue weighted by atomic mass is 9.77. The molecule has 0 fully saturated rings. The molecular formula is C21H23NO. The molecule has 3 unspecified atom stereocenters. The molecule has 1 N–H and O–H groups in total. The molecule has 1 heterocycles. The fourth-order valence-corrected chi connectivity index (χ4v) is 3.94. The summed E-state index contributed by atoms with van der Waals surface area (Å²) in [4.78, 5) is 0. The van der Waals surface area contributed by atoms with Crippen molar-refractivity contribution in [1.29, 1.82) is 0 Å². The van der Waals surface area contributed by atoms with E-state index < -0.39 is 0 Å². The highest BCUT2D eigenvalue weighted by atomic mass is 16.5. The maximum Gasteiger partial charge on any atom is 0.143 e. The van der Waals surface area contributed by atoms with E-state index >= 15 is 0 Å². The molecule has 2 nitrogen and oxygen atoms in total. The van der Waals surface area contributed by atoms with Gasteiger partial charge in [-0.3, -0.25) is 0 Å². The van der Waals surface area contributed by atoms with Crippen LogP contribution in [0.2, 0.25) is 0 Å². The summed E-state index contributed by atoms with van der Waals surface area (Å²) in [6.45, 7) is 4.16. The molecule has 2 aromatic carbocycles. The van der Waals surface area contributed by atoms with Crippen LogP contribution in [-0.2, 0) is 0 Å². The number of benzene rings is 2. The highest BCUT2D eigenvalue weighted by Crippen LogP contribution is 2.52. The average molecular weight is 305 g/mol. The summed E-state index contributed by atoms with van der Waals surface area (Å²) < 4.78 is 6.06. The molecule has 0 aromatic heterocycles. The summed E-state index contributed by atoms with van der Waals surface area (Å²) in [6, 6.07) is 17.6. The molecule has 0 amide bonds. The second kappa shape index (κ2) is 5.77. The zero-order valence-corrected chi connectivity index (χ0v) is 13.7. The van der Waals surface area contributed by atoms with Gasteiger partial charge in [0.05, 0.1) is 17.8 Å². The maximum absolute atomic E-state index is 6.06. The monoisotopic (exact) mass is 305 g/mol. The highest BCUT2D eigenvalue weighted by molar-refractivity contribution is 5.67. The predicted octanol–water partition coefficient (Wildman–Crippen LogP) is 5.30. The zero-order chi connectivity index (χ0) is 15.8. The lowest BCUT2D eigenvalue weighted by molar-refractivity contribution is 0.242. The number of nitrogens with one attached hydrogen (secondary N) is 1. The Kier molecular flexibility index (Phi) is 3.60. The Balaban J connectivity index is 1.79. The number of hydrogen-bond acceptors (Lipinski definition) is 2. The van der Waals surface area contributed by atoms with E-state index in [1.165, 1.54) is 16.8 Å². The van der Waals surface area contributed by atoms with Crippen molar-refractivity contribution in [2.24, 2.45) is 5.92 Å². The van der Waals surface area contributed by atoms with Crippen molar-refractivity contribution in [1.82, 2.24) is 0 Å². The van der Waals surface area contributed by atoms with E-state index in [2.05, 4.69) is 79.8 Å². The van der Waals surface area contributed by atoms with E-state index in [1.54, 1.807) is 0 Å². The number of para-hydroxylation sites is 1. The molecule has 0 spiro atoms. The Morgan fingerprint density at radius 2 is 1.87 bits per heavy atom. The van der Waals surface area contributed by atoms with Crippen LogP contribution in [-0.4, -0.2) is 6.10 Å². The molecule has 3 atom stereocenters. The Labute approximate surface area is 138 Å². The first kappa shape index (κ1) is 14.4. The molecule has 0 saturated heterocycles. The lowest BCUT2D eigenvalue weighted by Gasteiger charge is -2.38. The molecule has 2 heteroatoms. The smallest absolute Gasteiger partial charge is 0.143 e. The molecule has 118 valence electrons. The number of ether oxygens (including phenoxy) is 1. The Bertz CT molecular complexity index is 720. The van der Waals surface area contributed by atoms with Crippen LogP contribution in [0.25, 0.3) is 0 Å². The lowest BCUT2D eigenvalue weighted by Crippen LogP contribution is -2.29. The first-order valence-corrected chi connectivity index (χ1v) is 8.52. The second-order valence-corrected chi connectivity index (χ2v) is 6.77. The summed E-state index contributed by atoms with van der Waals surface area (Å²) in [5.41, 5.74) is 3.90. The van der Waals surface area contributed by atoms with E-state index in [0.717, 1.165) is 12.2 Å². The Morgan fingerprint density at radius 3 is 2.65 bits per heavy atom. The fraction of sp³-hybridized carbons (Fsp3) is 0.333. The largest absolute Gasteiger partial charge is 0.489 e. The molecule has 0 radical (unpaired) electrons. The van der Waals surface area contributed by atoms with Crippen molar-refractivity contribution in [2.45, 2.75) is 38.3 Å². The molecule has 1 aliphatic carbocycles. The zero-order valence-electron chi connectivity index (χ0n) is 13.7. The SMILES string of the molecule is CC(C)Oc1cccc2c1NC(c1ccccc1)C1CC=CC21. The number of hydrogen-bond donors (Lipinski definition) is 1. The molecule has 0 bridgehead atoms. The summed E-state index contributed by atoms with van der Waals surface area (Å²) in [7, 11) is 0. The van der Waals surface area contributed by atoms with E-state index in [-0.39, 0.29) is 6.10 Å². The Hall–Kier alpha value is -2.22. The van der Waals surface area contributed by atoms with Gasteiger partial charge in [-0.2, -0.15) is 0 Å². The average Bonchev–Trinajstić information content (AvgIpc) is 3.05. The topological polar surface area (TPSA) is 21.3 Å². The normalized spacial score (nSPS) is 24.9. The van der Waals surface area contributed by atoms with Gasteiger partial charge in [0.15, 0.2) is 0 Å². The molecule has 0 saturated carbocycles. The molecule has 23 heavy (non-hydrogen) atoms. The van der Waals surface area contributed by atoms with Crippen LogP contribution < -0.4 is 10.1 Å². The van der Waals surface area contributed by atoms with Gasteiger partial charge in [-0.05, 0) is 43.4 Å². The van der Waals surface area contributed by atoms with E-state index in [0.29, 0.717) is 17.9 Å².